The highest BCUT2D eigenvalue weighted by molar-refractivity contribution is 14.1. The Hall–Kier alpha value is -1.89. The van der Waals surface area contributed by atoms with Gasteiger partial charge in [0, 0.05) is 9.61 Å². The number of nitrogens with zero attached hydrogens (tertiary/aromatic N) is 2. The van der Waals surface area contributed by atoms with E-state index in [-0.39, 0.29) is 24.3 Å². The first-order chi connectivity index (χ1) is 14.7. The average molecular weight is 546 g/mol. The Morgan fingerprint density at radius 2 is 1.90 bits per heavy atom. The lowest BCUT2D eigenvalue weighted by Gasteiger charge is -2.56. The van der Waals surface area contributed by atoms with Gasteiger partial charge in [-0.25, -0.2) is 13.2 Å². The molecule has 10 heteroatoms. The minimum absolute atomic E-state index is 0.0917. The number of hydrogen-bond donors (Lipinski definition) is 2. The molecule has 2 aliphatic heterocycles. The zero-order valence-corrected chi connectivity index (χ0v) is 18.5. The predicted molar refractivity (Wildman–Crippen MR) is 117 cm³/mol. The summed E-state index contributed by atoms with van der Waals surface area (Å²) in [5, 5.41) is 26.2. The molecular formula is C21H20F3IN3O3-. The summed E-state index contributed by atoms with van der Waals surface area (Å²) in [6.45, 7) is 0.150. The van der Waals surface area contributed by atoms with Crippen LogP contribution in [0.3, 0.4) is 0 Å². The molecule has 2 aliphatic rings. The molecule has 166 valence electrons. The molecule has 2 heterocycles. The second-order valence-electron chi connectivity index (χ2n) is 7.95. The molecule has 1 amide bonds. The molecule has 6 nitrogen and oxygen atoms in total. The molecule has 2 aromatic carbocycles. The molecular weight excluding hydrogens is 526 g/mol. The summed E-state index contributed by atoms with van der Waals surface area (Å²) < 4.78 is 43.3. The number of carbonyl (C=O) groups is 1. The lowest BCUT2D eigenvalue weighted by Crippen LogP contribution is -2.71. The molecule has 1 atom stereocenters. The van der Waals surface area contributed by atoms with Crippen LogP contribution in [0, 0.1) is 26.2 Å². The van der Waals surface area contributed by atoms with Crippen LogP contribution in [0.5, 0.6) is 0 Å². The Kier molecular flexibility index (Phi) is 6.16. The Labute approximate surface area is 190 Å². The van der Waals surface area contributed by atoms with Gasteiger partial charge >= 0.3 is 0 Å². The summed E-state index contributed by atoms with van der Waals surface area (Å²) in [6, 6.07) is 5.50. The van der Waals surface area contributed by atoms with Crippen molar-refractivity contribution in [3.05, 3.63) is 62.1 Å². The van der Waals surface area contributed by atoms with Gasteiger partial charge in [-0.2, -0.15) is 0 Å². The summed E-state index contributed by atoms with van der Waals surface area (Å²) in [7, 11) is 0. The largest absolute Gasteiger partial charge is 0.785 e. The Morgan fingerprint density at radius 3 is 2.58 bits per heavy atom. The van der Waals surface area contributed by atoms with E-state index >= 15 is 0 Å². The monoisotopic (exact) mass is 546 g/mol. The highest BCUT2D eigenvalue weighted by Crippen LogP contribution is 2.36. The summed E-state index contributed by atoms with van der Waals surface area (Å²) >= 11 is 1.91. The van der Waals surface area contributed by atoms with E-state index in [0.717, 1.165) is 30.0 Å². The molecule has 2 aromatic rings. The van der Waals surface area contributed by atoms with Crippen LogP contribution >= 0.6 is 22.6 Å². The first-order valence-corrected chi connectivity index (χ1v) is 10.9. The number of carbonyl (C=O) groups excluding carboxylic acids is 1. The fraction of sp³-hybridized carbons (Fsp3) is 0.381. The van der Waals surface area contributed by atoms with E-state index in [1.807, 2.05) is 22.6 Å². The topological polar surface area (TPSA) is 78.9 Å². The number of rotatable bonds is 4. The van der Waals surface area contributed by atoms with Crippen LogP contribution in [-0.4, -0.2) is 52.3 Å². The number of hydrogen-bond acceptors (Lipinski definition) is 5. The second kappa shape index (κ2) is 8.57. The average Bonchev–Trinajstić information content (AvgIpc) is 2.71. The minimum atomic E-state index is -1.34. The molecule has 2 fully saturated rings. The number of halogens is 4. The van der Waals surface area contributed by atoms with Crippen LogP contribution in [0.15, 0.2) is 30.3 Å². The Balaban J connectivity index is 1.57. The highest BCUT2D eigenvalue weighted by atomic mass is 127. The zero-order chi connectivity index (χ0) is 22.3. The third-order valence-corrected chi connectivity index (χ3v) is 6.48. The van der Waals surface area contributed by atoms with Gasteiger partial charge in [0.1, 0.15) is 11.4 Å². The highest BCUT2D eigenvalue weighted by Gasteiger charge is 2.50. The van der Waals surface area contributed by atoms with Gasteiger partial charge in [-0.15, -0.1) is 0 Å². The number of piperidine rings is 1. The number of likely N-dealkylation sites (tertiary alicyclic amines) is 1. The van der Waals surface area contributed by atoms with Crippen LogP contribution in [0.2, 0.25) is 0 Å². The number of β-amino-alcohol motifs (C(OH)–C–C–N with tert-alkyl or cyclic N) is 1. The minimum Gasteiger partial charge on any atom is -0.785 e. The third-order valence-electron chi connectivity index (χ3n) is 5.81. The van der Waals surface area contributed by atoms with Gasteiger partial charge in [0.25, 0.3) is 5.91 Å². The van der Waals surface area contributed by atoms with E-state index in [9.17, 15) is 28.3 Å². The molecule has 0 unspecified atom stereocenters. The van der Waals surface area contributed by atoms with Gasteiger partial charge in [-0.1, -0.05) is 6.42 Å². The van der Waals surface area contributed by atoms with Crippen molar-refractivity contribution in [1.29, 1.82) is 0 Å². The van der Waals surface area contributed by atoms with E-state index in [2.05, 4.69) is 5.32 Å². The van der Waals surface area contributed by atoms with Crippen molar-refractivity contribution < 1.29 is 23.1 Å². The molecule has 0 aromatic heterocycles. The van der Waals surface area contributed by atoms with Gasteiger partial charge < -0.3 is 25.6 Å². The molecule has 0 aliphatic carbocycles. The van der Waals surface area contributed by atoms with Crippen LogP contribution in [0.4, 0.5) is 24.5 Å². The van der Waals surface area contributed by atoms with E-state index in [0.29, 0.717) is 16.5 Å². The number of hydroxylamine groups is 2. The van der Waals surface area contributed by atoms with Gasteiger partial charge in [0.2, 0.25) is 0 Å². The molecule has 31 heavy (non-hydrogen) atoms. The summed E-state index contributed by atoms with van der Waals surface area (Å²) in [5.41, 5.74) is -2.12. The van der Waals surface area contributed by atoms with E-state index in [1.54, 1.807) is 6.07 Å². The Bertz CT molecular complexity index is 1020. The van der Waals surface area contributed by atoms with Crippen LogP contribution in [0.25, 0.3) is 0 Å². The number of aliphatic hydroxyl groups is 1. The third kappa shape index (κ3) is 4.26. The molecule has 2 saturated heterocycles. The van der Waals surface area contributed by atoms with E-state index < -0.39 is 40.7 Å². The SMILES string of the molecule is O=C(c1ccc(F)c(F)c1Nc1ccc(I)cc1F)N1CC(O)([C@@H]2CCCCN2[O-])C1. The number of benzene rings is 2. The van der Waals surface area contributed by atoms with Crippen molar-refractivity contribution >= 4 is 39.9 Å². The number of anilines is 2. The fourth-order valence-electron chi connectivity index (χ4n) is 4.16. The normalized spacial score (nSPS) is 21.0. The van der Waals surface area contributed by atoms with E-state index in [1.165, 1.54) is 17.0 Å². The molecule has 0 spiro atoms. The summed E-state index contributed by atoms with van der Waals surface area (Å²) in [5.74, 6) is -3.82. The smallest absolute Gasteiger partial charge is 0.256 e. The van der Waals surface area contributed by atoms with Crippen LogP contribution < -0.4 is 5.32 Å². The first kappa shape index (κ1) is 22.3. The fourth-order valence-corrected chi connectivity index (χ4v) is 4.61. The lowest BCUT2D eigenvalue weighted by molar-refractivity contribution is -0.131. The standard InChI is InChI=1S/C21H20F3IN3O3/c22-14-6-5-13(19(18(14)24)26-16-7-4-12(25)9-15(16)23)20(29)27-10-21(30,11-27)17-3-1-2-8-28(17)31/h4-7,9,17,26,30H,1-3,8,10-11H2/q-1/t17-/m0/s1. The number of amides is 1. The molecule has 2 N–H and O–H groups in total. The number of nitrogens with one attached hydrogen (secondary N) is 1. The Morgan fingerprint density at radius 1 is 1.16 bits per heavy atom. The van der Waals surface area contributed by atoms with Gasteiger partial charge in [0.05, 0.1) is 30.0 Å². The predicted octanol–water partition coefficient (Wildman–Crippen LogP) is 3.99. The first-order valence-electron chi connectivity index (χ1n) is 9.85. The van der Waals surface area contributed by atoms with Crippen molar-refractivity contribution in [3.8, 4) is 0 Å². The zero-order valence-electron chi connectivity index (χ0n) is 16.4. The van der Waals surface area contributed by atoms with Crippen molar-refractivity contribution in [2.24, 2.45) is 0 Å². The van der Waals surface area contributed by atoms with Gasteiger partial charge in [0.15, 0.2) is 11.6 Å². The lowest BCUT2D eigenvalue weighted by atomic mass is 9.81. The van der Waals surface area contributed by atoms with Crippen molar-refractivity contribution in [1.82, 2.24) is 9.96 Å². The van der Waals surface area contributed by atoms with Crippen molar-refractivity contribution in [2.75, 3.05) is 25.0 Å². The molecule has 0 saturated carbocycles. The van der Waals surface area contributed by atoms with Gasteiger partial charge in [-0.3, -0.25) is 4.79 Å². The van der Waals surface area contributed by atoms with Crippen molar-refractivity contribution in [2.45, 2.75) is 30.9 Å². The quantitative estimate of drug-likeness (QED) is 0.568. The molecule has 0 bridgehead atoms. The van der Waals surface area contributed by atoms with Gasteiger partial charge in [-0.05, 0) is 72.3 Å². The molecule has 4 rings (SSSR count). The van der Waals surface area contributed by atoms with Crippen LogP contribution in [-0.2, 0) is 0 Å². The summed E-state index contributed by atoms with van der Waals surface area (Å²) in [6.07, 6.45) is 2.11. The van der Waals surface area contributed by atoms with Crippen molar-refractivity contribution in [3.63, 3.8) is 0 Å². The maximum Gasteiger partial charge on any atom is 0.256 e. The van der Waals surface area contributed by atoms with Crippen LogP contribution in [0.1, 0.15) is 29.6 Å². The summed E-state index contributed by atoms with van der Waals surface area (Å²) in [4.78, 5) is 14.3. The maximum absolute atomic E-state index is 14.6. The molecule has 0 radical (unpaired) electrons. The second-order valence-corrected chi connectivity index (χ2v) is 9.20. The maximum atomic E-state index is 14.6. The van der Waals surface area contributed by atoms with E-state index in [4.69, 9.17) is 0 Å².